The first-order chi connectivity index (χ1) is 19.3. The Morgan fingerprint density at radius 1 is 0.356 bits per heavy atom. The van der Waals surface area contributed by atoms with Crippen LogP contribution in [-0.4, -0.2) is 71.9 Å². The second-order valence-corrected chi connectivity index (χ2v) is 8.74. The maximum atomic E-state index is 10.2. The third kappa shape index (κ3) is 118. The number of allylic oxidation sites excluding steroid dienone is 11. The average Bonchev–Trinajstić information content (AvgIpc) is 2.70. The van der Waals surface area contributed by atoms with Crippen LogP contribution in [0.5, 0.6) is 0 Å². The molecule has 0 aliphatic carbocycles. The Kier molecular flexibility index (Phi) is 55.1. The van der Waals surface area contributed by atoms with E-state index in [1.54, 1.807) is 6.92 Å². The molecular weight excluding hydrogens is 949 g/mol. The van der Waals surface area contributed by atoms with Crippen molar-refractivity contribution in [1.82, 2.24) is 0 Å². The van der Waals surface area contributed by atoms with E-state index in [4.69, 9.17) is 30.6 Å². The maximum Gasteiger partial charge on any atom is 0.155 e. The minimum Gasteiger partial charge on any atom is -0.512 e. The summed E-state index contributed by atoms with van der Waals surface area (Å²) in [6.45, 7) is 17.4. The van der Waals surface area contributed by atoms with Gasteiger partial charge < -0.3 is 30.6 Å². The van der Waals surface area contributed by atoms with Gasteiger partial charge in [0, 0.05) is 70.6 Å². The van der Waals surface area contributed by atoms with E-state index in [1.165, 1.54) is 113 Å². The molecule has 0 saturated carbocycles. The number of aliphatic hydroxyl groups excluding tert-OH is 6. The van der Waals surface area contributed by atoms with Gasteiger partial charge in [0.1, 0.15) is 0 Å². The summed E-state index contributed by atoms with van der Waals surface area (Å²) in [5, 5.41) is 50.2. The summed E-state index contributed by atoms with van der Waals surface area (Å²) < 4.78 is 0. The summed E-state index contributed by atoms with van der Waals surface area (Å²) in [5.41, 5.74) is 0.706. The van der Waals surface area contributed by atoms with Crippen LogP contribution in [0.3, 0.4) is 0 Å². The number of carbonyl (C=O) groups excluding carboxylic acids is 6. The predicted molar refractivity (Wildman–Crippen MR) is 167 cm³/mol. The van der Waals surface area contributed by atoms with Crippen molar-refractivity contribution in [3.63, 3.8) is 0 Å². The van der Waals surface area contributed by atoms with Crippen LogP contribution in [-0.2, 0) is 69.0 Å². The molecule has 0 aromatic rings. The molecule has 0 fully saturated rings. The van der Waals surface area contributed by atoms with E-state index in [-0.39, 0.29) is 110 Å². The Labute approximate surface area is 293 Å². The van der Waals surface area contributed by atoms with E-state index in [0.29, 0.717) is 5.57 Å². The van der Waals surface area contributed by atoms with Gasteiger partial charge in [-0.1, -0.05) is 0 Å². The first kappa shape index (κ1) is 60.8. The Morgan fingerprint density at radius 3 is 0.511 bits per heavy atom. The fourth-order valence-electron chi connectivity index (χ4n) is 1.86. The standard InChI is InChI=1S/C6H10O2.5C5H8O2.2Ir/c1-5(4-7)3-6(2)8;5*1-4(6)3-5(2)7;;/h3,7H,4H2,1-2H3;5*3,6H,1-2H3;;/b5-3-;5*4-3-;;. The van der Waals surface area contributed by atoms with Gasteiger partial charge in [-0.15, -0.1) is 0 Å². The molecule has 0 amide bonds. The van der Waals surface area contributed by atoms with Gasteiger partial charge in [-0.3, -0.25) is 28.8 Å². The Hall–Kier alpha value is -3.28. The molecule has 2 radical (unpaired) electrons. The normalized spacial score (nSPS) is 11.0. The summed E-state index contributed by atoms with van der Waals surface area (Å²) in [6, 6.07) is 0. The van der Waals surface area contributed by atoms with Crippen LogP contribution in [0, 0.1) is 0 Å². The SMILES string of the molecule is CC(=O)/C=C(/C)CO.CC(=O)/C=C(/C)O.CC(=O)/C=C(/C)O.CC(=O)/C=C(/C)O.CC(=O)/C=C(/C)O.CC(=O)/C=C(/C)O.[Ir].[Ir]. The van der Waals surface area contributed by atoms with E-state index in [2.05, 4.69) is 0 Å². The largest absolute Gasteiger partial charge is 0.512 e. The number of rotatable bonds is 7. The van der Waals surface area contributed by atoms with Gasteiger partial charge in [0.25, 0.3) is 0 Å². The van der Waals surface area contributed by atoms with Gasteiger partial charge >= 0.3 is 0 Å². The second kappa shape index (κ2) is 40.7. The number of hydrogen-bond acceptors (Lipinski definition) is 12. The molecule has 0 aromatic heterocycles. The topological polar surface area (TPSA) is 224 Å². The Morgan fingerprint density at radius 2 is 0.489 bits per heavy atom. The molecule has 264 valence electrons. The van der Waals surface area contributed by atoms with Crippen molar-refractivity contribution < 1.29 is 99.6 Å². The van der Waals surface area contributed by atoms with E-state index < -0.39 is 0 Å². The van der Waals surface area contributed by atoms with Crippen molar-refractivity contribution >= 4 is 34.7 Å². The fraction of sp³-hybridized carbons (Fsp3) is 0.419. The molecule has 45 heavy (non-hydrogen) atoms. The zero-order valence-electron chi connectivity index (χ0n) is 28.0. The molecule has 0 aliphatic rings. The van der Waals surface area contributed by atoms with E-state index in [1.807, 2.05) is 0 Å². The first-order valence-electron chi connectivity index (χ1n) is 12.5. The summed E-state index contributed by atoms with van der Waals surface area (Å²) in [6.07, 6.45) is 7.25. The summed E-state index contributed by atoms with van der Waals surface area (Å²) in [7, 11) is 0. The predicted octanol–water partition coefficient (Wildman–Crippen LogP) is 5.70. The van der Waals surface area contributed by atoms with Gasteiger partial charge in [0.15, 0.2) is 34.7 Å². The second-order valence-electron chi connectivity index (χ2n) is 8.74. The molecule has 0 unspecified atom stereocenters. The van der Waals surface area contributed by atoms with Crippen LogP contribution in [0.2, 0.25) is 0 Å². The summed E-state index contributed by atoms with van der Waals surface area (Å²) in [5.74, 6) is -0.330. The van der Waals surface area contributed by atoms with Gasteiger partial charge in [0.2, 0.25) is 0 Å². The molecule has 12 nitrogen and oxygen atoms in total. The van der Waals surface area contributed by atoms with Gasteiger partial charge in [0.05, 0.1) is 35.4 Å². The van der Waals surface area contributed by atoms with Crippen LogP contribution >= 0.6 is 0 Å². The van der Waals surface area contributed by atoms with Crippen molar-refractivity contribution in [3.05, 3.63) is 70.8 Å². The van der Waals surface area contributed by atoms with Crippen LogP contribution in [0.15, 0.2) is 70.8 Å². The maximum absolute atomic E-state index is 10.2. The molecule has 0 rings (SSSR count). The van der Waals surface area contributed by atoms with Crippen LogP contribution in [0.4, 0.5) is 0 Å². The van der Waals surface area contributed by atoms with E-state index >= 15 is 0 Å². The van der Waals surface area contributed by atoms with Crippen molar-refractivity contribution in [3.8, 4) is 0 Å². The van der Waals surface area contributed by atoms with Crippen molar-refractivity contribution in [1.29, 1.82) is 0 Å². The van der Waals surface area contributed by atoms with Crippen molar-refractivity contribution in [2.75, 3.05) is 6.61 Å². The quantitative estimate of drug-likeness (QED) is 0.134. The zero-order chi connectivity index (χ0) is 35.9. The molecule has 14 heteroatoms. The molecule has 0 saturated heterocycles. The van der Waals surface area contributed by atoms with E-state index in [0.717, 1.165) is 0 Å². The third-order valence-electron chi connectivity index (χ3n) is 2.76. The van der Waals surface area contributed by atoms with Crippen molar-refractivity contribution in [2.45, 2.75) is 83.1 Å². The summed E-state index contributed by atoms with van der Waals surface area (Å²) in [4.78, 5) is 60.3. The van der Waals surface area contributed by atoms with Crippen LogP contribution in [0.1, 0.15) is 83.1 Å². The minimum atomic E-state index is -0.125. The fourth-order valence-corrected chi connectivity index (χ4v) is 1.86. The molecule has 0 aliphatic heterocycles. The van der Waals surface area contributed by atoms with Gasteiger partial charge in [-0.05, 0) is 94.7 Å². The number of hydrogen-bond donors (Lipinski definition) is 6. The molecule has 0 atom stereocenters. The van der Waals surface area contributed by atoms with Gasteiger partial charge in [-0.25, -0.2) is 0 Å². The molecular formula is C31H50Ir2O12. The number of ketones is 6. The minimum absolute atomic E-state index is 0. The molecule has 6 N–H and O–H groups in total. The monoisotopic (exact) mass is 1000 g/mol. The summed E-state index contributed by atoms with van der Waals surface area (Å²) >= 11 is 0. The van der Waals surface area contributed by atoms with E-state index in [9.17, 15) is 28.8 Å². The number of aliphatic hydroxyl groups is 6. The average molecular weight is 999 g/mol. The molecule has 0 aromatic carbocycles. The molecule has 0 bridgehead atoms. The first-order valence-corrected chi connectivity index (χ1v) is 12.5. The van der Waals surface area contributed by atoms with Gasteiger partial charge in [-0.2, -0.15) is 0 Å². The Bertz CT molecular complexity index is 896. The van der Waals surface area contributed by atoms with Crippen molar-refractivity contribution in [2.24, 2.45) is 0 Å². The molecule has 0 spiro atoms. The molecule has 0 heterocycles. The third-order valence-corrected chi connectivity index (χ3v) is 2.76. The van der Waals surface area contributed by atoms with Crippen LogP contribution in [0.25, 0.3) is 0 Å². The smallest absolute Gasteiger partial charge is 0.155 e. The Balaban J connectivity index is -0.0000000604. The zero-order valence-corrected chi connectivity index (χ0v) is 32.8. The van der Waals surface area contributed by atoms with Crippen LogP contribution < -0.4 is 0 Å². The number of carbonyl (C=O) groups is 6.